The van der Waals surface area contributed by atoms with E-state index in [-0.39, 0.29) is 11.8 Å². The highest BCUT2D eigenvalue weighted by Gasteiger charge is 2.23. The number of nitrogens with zero attached hydrogens (tertiary/aromatic N) is 4. The zero-order valence-corrected chi connectivity index (χ0v) is 17.8. The molecule has 2 amide bonds. The van der Waals surface area contributed by atoms with Crippen LogP contribution in [0.3, 0.4) is 0 Å². The molecule has 3 heterocycles. The highest BCUT2D eigenvalue weighted by Crippen LogP contribution is 2.18. The van der Waals surface area contributed by atoms with Gasteiger partial charge < -0.3 is 15.1 Å². The second-order valence-electron chi connectivity index (χ2n) is 7.20. The van der Waals surface area contributed by atoms with Crippen LogP contribution in [0.1, 0.15) is 31.5 Å². The number of hydrogen-bond donors (Lipinski definition) is 1. The standard InChI is InChI=1S/C22H23N5O2S/c1-15-14-20(24-16(2)23-15)26-9-11-27(12-10-26)22(29)17-5-7-18(8-6-17)25-21(28)19-4-3-13-30-19/h3-8,13-14H,9-12H2,1-2H3,(H,25,28). The van der Waals surface area contributed by atoms with Crippen molar-refractivity contribution in [2.45, 2.75) is 13.8 Å². The van der Waals surface area contributed by atoms with Gasteiger partial charge in [0.25, 0.3) is 11.8 Å². The first kappa shape index (κ1) is 20.0. The van der Waals surface area contributed by atoms with E-state index in [0.29, 0.717) is 29.2 Å². The molecule has 1 aliphatic heterocycles. The molecule has 0 aliphatic carbocycles. The van der Waals surface area contributed by atoms with Crippen molar-refractivity contribution in [1.29, 1.82) is 0 Å². The zero-order chi connectivity index (χ0) is 21.1. The van der Waals surface area contributed by atoms with Crippen molar-refractivity contribution in [2.24, 2.45) is 0 Å². The van der Waals surface area contributed by atoms with Gasteiger partial charge in [0.15, 0.2) is 0 Å². The van der Waals surface area contributed by atoms with Crippen molar-refractivity contribution in [2.75, 3.05) is 36.4 Å². The summed E-state index contributed by atoms with van der Waals surface area (Å²) in [5.41, 5.74) is 2.23. The third-order valence-corrected chi connectivity index (χ3v) is 5.85. The molecule has 0 bridgehead atoms. The van der Waals surface area contributed by atoms with Gasteiger partial charge in [0, 0.05) is 49.2 Å². The Morgan fingerprint density at radius 2 is 1.73 bits per heavy atom. The Morgan fingerprint density at radius 1 is 1.00 bits per heavy atom. The number of rotatable bonds is 4. The molecule has 4 rings (SSSR count). The molecular weight excluding hydrogens is 398 g/mol. The van der Waals surface area contributed by atoms with Crippen molar-refractivity contribution in [3.05, 3.63) is 69.8 Å². The first-order valence-electron chi connectivity index (χ1n) is 9.81. The lowest BCUT2D eigenvalue weighted by Crippen LogP contribution is -2.49. The molecule has 1 N–H and O–H groups in total. The lowest BCUT2D eigenvalue weighted by atomic mass is 10.1. The lowest BCUT2D eigenvalue weighted by Gasteiger charge is -2.35. The fourth-order valence-corrected chi connectivity index (χ4v) is 4.10. The number of thiophene rings is 1. The van der Waals surface area contributed by atoms with Crippen LogP contribution in [0.25, 0.3) is 0 Å². The maximum atomic E-state index is 12.9. The Balaban J connectivity index is 1.35. The minimum atomic E-state index is -0.143. The van der Waals surface area contributed by atoms with Crippen molar-refractivity contribution >= 4 is 34.7 Å². The predicted octanol–water partition coefficient (Wildman–Crippen LogP) is 3.37. The van der Waals surface area contributed by atoms with Gasteiger partial charge >= 0.3 is 0 Å². The van der Waals surface area contributed by atoms with Gasteiger partial charge in [0.05, 0.1) is 4.88 Å². The molecule has 2 aromatic heterocycles. The van der Waals surface area contributed by atoms with Crippen LogP contribution in [0.4, 0.5) is 11.5 Å². The van der Waals surface area contributed by atoms with E-state index < -0.39 is 0 Å². The van der Waals surface area contributed by atoms with Crippen LogP contribution in [0, 0.1) is 13.8 Å². The number of aryl methyl sites for hydroxylation is 2. The van der Waals surface area contributed by atoms with E-state index in [0.717, 1.165) is 30.4 Å². The van der Waals surface area contributed by atoms with Crippen LogP contribution in [-0.2, 0) is 0 Å². The Kier molecular flexibility index (Phi) is 5.76. The van der Waals surface area contributed by atoms with Gasteiger partial charge in [0.2, 0.25) is 0 Å². The van der Waals surface area contributed by atoms with Crippen LogP contribution in [0.5, 0.6) is 0 Å². The quantitative estimate of drug-likeness (QED) is 0.699. The number of hydrogen-bond acceptors (Lipinski definition) is 6. The first-order valence-corrected chi connectivity index (χ1v) is 10.7. The van der Waals surface area contributed by atoms with Gasteiger partial charge in [-0.15, -0.1) is 11.3 Å². The summed E-state index contributed by atoms with van der Waals surface area (Å²) in [7, 11) is 0. The Bertz CT molecular complexity index is 1020. The summed E-state index contributed by atoms with van der Waals surface area (Å²) in [5.74, 6) is 1.53. The molecule has 7 nitrogen and oxygen atoms in total. The molecule has 1 aliphatic rings. The Hall–Kier alpha value is -3.26. The van der Waals surface area contributed by atoms with E-state index in [9.17, 15) is 9.59 Å². The largest absolute Gasteiger partial charge is 0.353 e. The monoisotopic (exact) mass is 421 g/mol. The van der Waals surface area contributed by atoms with Crippen molar-refractivity contribution in [1.82, 2.24) is 14.9 Å². The number of carbonyl (C=O) groups is 2. The molecular formula is C22H23N5O2S. The number of amides is 2. The predicted molar refractivity (Wildman–Crippen MR) is 118 cm³/mol. The number of carbonyl (C=O) groups excluding carboxylic acids is 2. The molecule has 0 atom stereocenters. The Labute approximate surface area is 179 Å². The molecule has 3 aromatic rings. The van der Waals surface area contributed by atoms with E-state index in [1.54, 1.807) is 30.3 Å². The van der Waals surface area contributed by atoms with Crippen molar-refractivity contribution < 1.29 is 9.59 Å². The fourth-order valence-electron chi connectivity index (χ4n) is 3.48. The SMILES string of the molecule is Cc1cc(N2CCN(C(=O)c3ccc(NC(=O)c4cccs4)cc3)CC2)nc(C)n1. The van der Waals surface area contributed by atoms with E-state index >= 15 is 0 Å². The molecule has 1 fully saturated rings. The summed E-state index contributed by atoms with van der Waals surface area (Å²) in [6, 6.07) is 12.7. The molecule has 0 spiro atoms. The highest BCUT2D eigenvalue weighted by molar-refractivity contribution is 7.12. The van der Waals surface area contributed by atoms with Gasteiger partial charge in [-0.3, -0.25) is 9.59 Å². The van der Waals surface area contributed by atoms with Crippen LogP contribution >= 0.6 is 11.3 Å². The van der Waals surface area contributed by atoms with Crippen LogP contribution < -0.4 is 10.2 Å². The molecule has 0 unspecified atom stereocenters. The van der Waals surface area contributed by atoms with Gasteiger partial charge in [0.1, 0.15) is 11.6 Å². The molecule has 8 heteroatoms. The number of benzene rings is 1. The minimum absolute atomic E-state index is 0.000770. The summed E-state index contributed by atoms with van der Waals surface area (Å²) < 4.78 is 0. The summed E-state index contributed by atoms with van der Waals surface area (Å²) in [4.78, 5) is 38.5. The number of anilines is 2. The minimum Gasteiger partial charge on any atom is -0.353 e. The number of aromatic nitrogens is 2. The van der Waals surface area contributed by atoms with Gasteiger partial charge in [-0.1, -0.05) is 6.07 Å². The lowest BCUT2D eigenvalue weighted by molar-refractivity contribution is 0.0746. The molecule has 1 saturated heterocycles. The van der Waals surface area contributed by atoms with Gasteiger partial charge in [-0.25, -0.2) is 9.97 Å². The average molecular weight is 422 g/mol. The second-order valence-corrected chi connectivity index (χ2v) is 8.15. The Morgan fingerprint density at radius 3 is 2.37 bits per heavy atom. The first-order chi connectivity index (χ1) is 14.5. The fraction of sp³-hybridized carbons (Fsp3) is 0.273. The third kappa shape index (κ3) is 4.49. The van der Waals surface area contributed by atoms with Crippen molar-refractivity contribution in [3.63, 3.8) is 0 Å². The summed E-state index contributed by atoms with van der Waals surface area (Å²) in [5, 5.41) is 4.72. The van der Waals surface area contributed by atoms with Crippen LogP contribution in [0.15, 0.2) is 47.8 Å². The smallest absolute Gasteiger partial charge is 0.265 e. The van der Waals surface area contributed by atoms with E-state index in [1.165, 1.54) is 11.3 Å². The van der Waals surface area contributed by atoms with Crippen molar-refractivity contribution in [3.8, 4) is 0 Å². The highest BCUT2D eigenvalue weighted by atomic mass is 32.1. The van der Waals surface area contributed by atoms with E-state index in [4.69, 9.17) is 0 Å². The van der Waals surface area contributed by atoms with Gasteiger partial charge in [-0.05, 0) is 49.6 Å². The van der Waals surface area contributed by atoms with Gasteiger partial charge in [-0.2, -0.15) is 0 Å². The molecule has 30 heavy (non-hydrogen) atoms. The summed E-state index contributed by atoms with van der Waals surface area (Å²) in [6.45, 7) is 6.59. The number of piperazine rings is 1. The van der Waals surface area contributed by atoms with Crippen LogP contribution in [0.2, 0.25) is 0 Å². The molecule has 154 valence electrons. The van der Waals surface area contributed by atoms with Crippen LogP contribution in [-0.4, -0.2) is 52.9 Å². The molecule has 0 radical (unpaired) electrons. The number of nitrogens with one attached hydrogen (secondary N) is 1. The topological polar surface area (TPSA) is 78.4 Å². The average Bonchev–Trinajstić information content (AvgIpc) is 3.28. The maximum Gasteiger partial charge on any atom is 0.265 e. The normalized spacial score (nSPS) is 13.9. The summed E-state index contributed by atoms with van der Waals surface area (Å²) >= 11 is 1.39. The van der Waals surface area contributed by atoms with E-state index in [2.05, 4.69) is 20.2 Å². The summed E-state index contributed by atoms with van der Waals surface area (Å²) in [6.07, 6.45) is 0. The second kappa shape index (κ2) is 8.62. The third-order valence-electron chi connectivity index (χ3n) is 4.98. The van der Waals surface area contributed by atoms with E-state index in [1.807, 2.05) is 36.3 Å². The maximum absolute atomic E-state index is 12.9. The molecule has 0 saturated carbocycles. The zero-order valence-electron chi connectivity index (χ0n) is 17.0. The molecule has 1 aromatic carbocycles.